The number of amides is 1. The average molecular weight is 471 g/mol. The Morgan fingerprint density at radius 3 is 1.94 bits per heavy atom. The fourth-order valence-electron chi connectivity index (χ4n) is 4.94. The lowest BCUT2D eigenvalue weighted by molar-refractivity contribution is 0.102. The first-order valence-electron chi connectivity index (χ1n) is 12.7. The molecule has 6 nitrogen and oxygen atoms in total. The first-order chi connectivity index (χ1) is 17.0. The van der Waals surface area contributed by atoms with Gasteiger partial charge in [-0.25, -0.2) is 0 Å². The van der Waals surface area contributed by atoms with Crippen LogP contribution < -0.4 is 20.4 Å². The maximum absolute atomic E-state index is 12.6. The number of aryl methyl sites for hydroxylation is 1. The van der Waals surface area contributed by atoms with Crippen LogP contribution in [0.25, 0.3) is 0 Å². The Hall–Kier alpha value is -3.67. The highest BCUT2D eigenvalue weighted by molar-refractivity contribution is 6.05. The van der Waals surface area contributed by atoms with Gasteiger partial charge < -0.3 is 25.5 Å². The Morgan fingerprint density at radius 1 is 0.743 bits per heavy atom. The van der Waals surface area contributed by atoms with Gasteiger partial charge in [0, 0.05) is 60.6 Å². The van der Waals surface area contributed by atoms with Crippen LogP contribution in [0.4, 0.5) is 28.4 Å². The van der Waals surface area contributed by atoms with E-state index in [1.807, 2.05) is 25.1 Å². The third-order valence-corrected chi connectivity index (χ3v) is 6.94. The number of phenols is 1. The lowest BCUT2D eigenvalue weighted by Gasteiger charge is -2.31. The number of aromatic hydroxyl groups is 1. The molecule has 3 aromatic rings. The van der Waals surface area contributed by atoms with E-state index in [1.54, 1.807) is 24.3 Å². The Balaban J connectivity index is 1.35. The highest BCUT2D eigenvalue weighted by Gasteiger charge is 2.18. The van der Waals surface area contributed by atoms with Gasteiger partial charge in [-0.1, -0.05) is 17.7 Å². The summed E-state index contributed by atoms with van der Waals surface area (Å²) in [6.45, 7) is 6.37. The highest BCUT2D eigenvalue weighted by Crippen LogP contribution is 2.34. The van der Waals surface area contributed by atoms with Crippen LogP contribution in [0.3, 0.4) is 0 Å². The molecule has 6 heteroatoms. The monoisotopic (exact) mass is 470 g/mol. The summed E-state index contributed by atoms with van der Waals surface area (Å²) < 4.78 is 0. The van der Waals surface area contributed by atoms with Gasteiger partial charge in [-0.15, -0.1) is 0 Å². The molecule has 0 aliphatic carbocycles. The number of hydrogen-bond acceptors (Lipinski definition) is 5. The molecular weight excluding hydrogens is 436 g/mol. The zero-order valence-corrected chi connectivity index (χ0v) is 20.4. The highest BCUT2D eigenvalue weighted by atomic mass is 16.3. The summed E-state index contributed by atoms with van der Waals surface area (Å²) in [6.07, 6.45) is 6.25. The Bertz CT molecular complexity index is 1180. The second kappa shape index (κ2) is 10.3. The van der Waals surface area contributed by atoms with E-state index in [1.165, 1.54) is 43.5 Å². The van der Waals surface area contributed by atoms with Gasteiger partial charge in [0.2, 0.25) is 0 Å². The molecule has 0 unspecified atom stereocenters. The number of carbonyl (C=O) groups excluding carboxylic acids is 1. The number of carbonyl (C=O) groups is 1. The summed E-state index contributed by atoms with van der Waals surface area (Å²) in [7, 11) is 0. The van der Waals surface area contributed by atoms with Gasteiger partial charge in [-0.2, -0.15) is 0 Å². The number of nitrogens with zero attached hydrogens (tertiary/aromatic N) is 2. The van der Waals surface area contributed by atoms with Crippen molar-refractivity contribution in [1.29, 1.82) is 0 Å². The number of rotatable bonds is 6. The maximum Gasteiger partial charge on any atom is 0.255 e. The SMILES string of the molecule is Cc1ccc(C(=O)Nc2ccc(Nc3cc(N4CCCCC4)cc(N4CCCC4)c3)cc2O)cc1. The molecule has 5 rings (SSSR count). The summed E-state index contributed by atoms with van der Waals surface area (Å²) in [5, 5.41) is 16.9. The summed E-state index contributed by atoms with van der Waals surface area (Å²) >= 11 is 0. The third kappa shape index (κ3) is 5.53. The molecule has 3 aromatic carbocycles. The van der Waals surface area contributed by atoms with Gasteiger partial charge in [0.1, 0.15) is 5.75 Å². The number of benzene rings is 3. The van der Waals surface area contributed by atoms with E-state index in [4.69, 9.17) is 0 Å². The van der Waals surface area contributed by atoms with Crippen LogP contribution in [-0.2, 0) is 0 Å². The van der Waals surface area contributed by atoms with E-state index in [9.17, 15) is 9.90 Å². The largest absolute Gasteiger partial charge is 0.506 e. The van der Waals surface area contributed by atoms with E-state index < -0.39 is 0 Å². The van der Waals surface area contributed by atoms with Crippen LogP contribution in [0.5, 0.6) is 5.75 Å². The molecule has 0 spiro atoms. The fourth-order valence-corrected chi connectivity index (χ4v) is 4.94. The number of phenolic OH excluding ortho intramolecular Hbond substituents is 1. The Morgan fingerprint density at radius 2 is 1.34 bits per heavy atom. The summed E-state index contributed by atoms with van der Waals surface area (Å²) in [4.78, 5) is 17.5. The molecule has 0 bridgehead atoms. The second-order valence-corrected chi connectivity index (χ2v) is 9.66. The zero-order valence-electron chi connectivity index (χ0n) is 20.4. The van der Waals surface area contributed by atoms with Crippen LogP contribution in [0.1, 0.15) is 48.0 Å². The lowest BCUT2D eigenvalue weighted by Crippen LogP contribution is -2.29. The molecule has 0 saturated carbocycles. The fraction of sp³-hybridized carbons (Fsp3) is 0.345. The van der Waals surface area contributed by atoms with Gasteiger partial charge >= 0.3 is 0 Å². The van der Waals surface area contributed by atoms with Crippen LogP contribution >= 0.6 is 0 Å². The number of anilines is 5. The standard InChI is InChI=1S/C29H34N4O2/c1-21-7-9-22(10-8-21)29(35)31-27-12-11-23(19-28(27)34)30-24-17-25(32-13-3-2-4-14-32)20-26(18-24)33-15-5-6-16-33/h7-12,17-20,30,34H,2-6,13-16H2,1H3,(H,31,35). The molecular formula is C29H34N4O2. The molecule has 2 saturated heterocycles. The van der Waals surface area contributed by atoms with Crippen molar-refractivity contribution in [3.63, 3.8) is 0 Å². The smallest absolute Gasteiger partial charge is 0.255 e. The Kier molecular flexibility index (Phi) is 6.80. The molecule has 3 N–H and O–H groups in total. The first kappa shape index (κ1) is 23.1. The predicted molar refractivity (Wildman–Crippen MR) is 144 cm³/mol. The molecule has 2 heterocycles. The van der Waals surface area contributed by atoms with Crippen LogP contribution in [-0.4, -0.2) is 37.2 Å². The number of piperidine rings is 1. The minimum Gasteiger partial charge on any atom is -0.506 e. The summed E-state index contributed by atoms with van der Waals surface area (Å²) in [5.41, 5.74) is 6.33. The second-order valence-electron chi connectivity index (χ2n) is 9.66. The minimum atomic E-state index is -0.245. The minimum absolute atomic E-state index is 0.0300. The van der Waals surface area contributed by atoms with Gasteiger partial charge in [0.05, 0.1) is 5.69 Å². The maximum atomic E-state index is 12.6. The summed E-state index contributed by atoms with van der Waals surface area (Å²) in [5.74, 6) is -0.215. The van der Waals surface area contributed by atoms with Gasteiger partial charge in [-0.05, 0) is 81.5 Å². The van der Waals surface area contributed by atoms with Crippen molar-refractivity contribution in [1.82, 2.24) is 0 Å². The van der Waals surface area contributed by atoms with Crippen molar-refractivity contribution in [3.05, 3.63) is 71.8 Å². The molecule has 182 valence electrons. The normalized spacial score (nSPS) is 15.8. The van der Waals surface area contributed by atoms with Gasteiger partial charge in [-0.3, -0.25) is 4.79 Å². The molecule has 0 radical (unpaired) electrons. The van der Waals surface area contributed by atoms with Crippen LogP contribution in [0.15, 0.2) is 60.7 Å². The molecule has 2 fully saturated rings. The molecule has 2 aliphatic rings. The van der Waals surface area contributed by atoms with E-state index in [0.717, 1.165) is 43.1 Å². The van der Waals surface area contributed by atoms with E-state index in [2.05, 4.69) is 38.6 Å². The van der Waals surface area contributed by atoms with E-state index in [-0.39, 0.29) is 11.7 Å². The van der Waals surface area contributed by atoms with E-state index in [0.29, 0.717) is 11.3 Å². The summed E-state index contributed by atoms with van der Waals surface area (Å²) in [6, 6.07) is 19.4. The third-order valence-electron chi connectivity index (χ3n) is 6.94. The molecule has 0 aromatic heterocycles. The number of hydrogen-bond donors (Lipinski definition) is 3. The van der Waals surface area contributed by atoms with Crippen molar-refractivity contribution in [2.24, 2.45) is 0 Å². The zero-order chi connectivity index (χ0) is 24.2. The van der Waals surface area contributed by atoms with Crippen LogP contribution in [0, 0.1) is 6.92 Å². The number of nitrogens with one attached hydrogen (secondary N) is 2. The van der Waals surface area contributed by atoms with Crippen LogP contribution in [0.2, 0.25) is 0 Å². The first-order valence-corrected chi connectivity index (χ1v) is 12.7. The molecule has 35 heavy (non-hydrogen) atoms. The lowest BCUT2D eigenvalue weighted by atomic mass is 10.1. The molecule has 1 amide bonds. The van der Waals surface area contributed by atoms with E-state index >= 15 is 0 Å². The van der Waals surface area contributed by atoms with Crippen molar-refractivity contribution >= 4 is 34.3 Å². The Labute approximate surface area is 207 Å². The molecule has 2 aliphatic heterocycles. The predicted octanol–water partition coefficient (Wildman–Crippen LogP) is 6.29. The van der Waals surface area contributed by atoms with Gasteiger partial charge in [0.25, 0.3) is 5.91 Å². The average Bonchev–Trinajstić information content (AvgIpc) is 3.42. The van der Waals surface area contributed by atoms with Crippen molar-refractivity contribution in [2.45, 2.75) is 39.0 Å². The molecule has 0 atom stereocenters. The topological polar surface area (TPSA) is 67.8 Å². The van der Waals surface area contributed by atoms with Crippen molar-refractivity contribution in [3.8, 4) is 5.75 Å². The van der Waals surface area contributed by atoms with Crippen molar-refractivity contribution < 1.29 is 9.90 Å². The van der Waals surface area contributed by atoms with Gasteiger partial charge in [0.15, 0.2) is 0 Å². The van der Waals surface area contributed by atoms with Crippen molar-refractivity contribution in [2.75, 3.05) is 46.6 Å². The quantitative estimate of drug-likeness (QED) is 0.370.